The molecule has 1 atom stereocenters. The van der Waals surface area contributed by atoms with Gasteiger partial charge in [0.15, 0.2) is 0 Å². The van der Waals surface area contributed by atoms with Gasteiger partial charge >= 0.3 is 0 Å². The summed E-state index contributed by atoms with van der Waals surface area (Å²) < 4.78 is 0. The third-order valence-electron chi connectivity index (χ3n) is 2.80. The Morgan fingerprint density at radius 3 is 2.69 bits per heavy atom. The minimum Gasteiger partial charge on any atom is -0.323 e. The number of hydrogen-bond acceptors (Lipinski definition) is 2. The van der Waals surface area contributed by atoms with E-state index in [0.29, 0.717) is 0 Å². The van der Waals surface area contributed by atoms with Crippen LogP contribution < -0.4 is 5.73 Å². The fraction of sp³-hybridized carbons (Fsp3) is 0.545. The van der Waals surface area contributed by atoms with E-state index in [1.807, 2.05) is 18.3 Å². The number of aromatic nitrogens is 1. The molecule has 0 fully saturated rings. The Labute approximate surface area is 80.2 Å². The van der Waals surface area contributed by atoms with Crippen LogP contribution in [0.5, 0.6) is 0 Å². The quantitative estimate of drug-likeness (QED) is 0.772. The van der Waals surface area contributed by atoms with Crippen molar-refractivity contribution in [3.8, 4) is 0 Å². The highest BCUT2D eigenvalue weighted by Gasteiger charge is 2.25. The van der Waals surface area contributed by atoms with Crippen LogP contribution in [-0.2, 0) is 0 Å². The average Bonchev–Trinajstić information content (AvgIpc) is 2.18. The molecule has 0 aliphatic heterocycles. The van der Waals surface area contributed by atoms with Gasteiger partial charge in [-0.2, -0.15) is 0 Å². The van der Waals surface area contributed by atoms with Crippen LogP contribution in [-0.4, -0.2) is 4.98 Å². The maximum absolute atomic E-state index is 6.14. The van der Waals surface area contributed by atoms with Crippen LogP contribution in [0.4, 0.5) is 0 Å². The molecule has 2 N–H and O–H groups in total. The Bertz CT molecular complexity index is 254. The van der Waals surface area contributed by atoms with Gasteiger partial charge in [-0.1, -0.05) is 26.8 Å². The molecule has 0 saturated heterocycles. The van der Waals surface area contributed by atoms with Gasteiger partial charge in [-0.15, -0.1) is 0 Å². The zero-order chi connectivity index (χ0) is 9.90. The molecule has 1 unspecified atom stereocenters. The predicted octanol–water partition coefficient (Wildman–Crippen LogP) is 2.52. The van der Waals surface area contributed by atoms with Crippen LogP contribution in [0.1, 0.15) is 38.8 Å². The molecule has 2 heteroatoms. The standard InChI is InChI=1S/C11H18N2/c1-4-11(2,3)10(12)9-6-5-7-13-8-9/h5-8,10H,4,12H2,1-3H3. The summed E-state index contributed by atoms with van der Waals surface area (Å²) >= 11 is 0. The van der Waals surface area contributed by atoms with Crippen molar-refractivity contribution < 1.29 is 0 Å². The highest BCUT2D eigenvalue weighted by molar-refractivity contribution is 5.15. The SMILES string of the molecule is CCC(C)(C)C(N)c1cccnc1. The fourth-order valence-corrected chi connectivity index (χ4v) is 1.23. The second kappa shape index (κ2) is 3.88. The van der Waals surface area contributed by atoms with Crippen molar-refractivity contribution in [2.24, 2.45) is 11.1 Å². The van der Waals surface area contributed by atoms with Crippen molar-refractivity contribution in [3.63, 3.8) is 0 Å². The zero-order valence-electron chi connectivity index (χ0n) is 8.62. The molecule has 1 rings (SSSR count). The van der Waals surface area contributed by atoms with Crippen LogP contribution in [0.3, 0.4) is 0 Å². The molecule has 13 heavy (non-hydrogen) atoms. The summed E-state index contributed by atoms with van der Waals surface area (Å²) in [4.78, 5) is 4.07. The summed E-state index contributed by atoms with van der Waals surface area (Å²) in [6, 6.07) is 4.04. The van der Waals surface area contributed by atoms with Crippen molar-refractivity contribution in [3.05, 3.63) is 30.1 Å². The molecule has 0 aliphatic rings. The summed E-state index contributed by atoms with van der Waals surface area (Å²) in [6.45, 7) is 6.53. The lowest BCUT2D eigenvalue weighted by molar-refractivity contribution is 0.278. The van der Waals surface area contributed by atoms with Crippen LogP contribution in [0.25, 0.3) is 0 Å². The Morgan fingerprint density at radius 2 is 2.23 bits per heavy atom. The molecule has 0 radical (unpaired) electrons. The molecule has 1 heterocycles. The van der Waals surface area contributed by atoms with Crippen molar-refractivity contribution in [2.45, 2.75) is 33.2 Å². The molecule has 2 nitrogen and oxygen atoms in total. The molecule has 1 aromatic rings. The van der Waals surface area contributed by atoms with Gasteiger partial charge in [-0.25, -0.2) is 0 Å². The van der Waals surface area contributed by atoms with Crippen molar-refractivity contribution >= 4 is 0 Å². The maximum atomic E-state index is 6.14. The number of nitrogens with zero attached hydrogens (tertiary/aromatic N) is 1. The Morgan fingerprint density at radius 1 is 1.54 bits per heavy atom. The van der Waals surface area contributed by atoms with Gasteiger partial charge < -0.3 is 5.73 Å². The van der Waals surface area contributed by atoms with Crippen molar-refractivity contribution in [1.29, 1.82) is 0 Å². The van der Waals surface area contributed by atoms with E-state index in [4.69, 9.17) is 5.73 Å². The second-order valence-corrected chi connectivity index (χ2v) is 4.11. The fourth-order valence-electron chi connectivity index (χ4n) is 1.23. The highest BCUT2D eigenvalue weighted by atomic mass is 14.7. The highest BCUT2D eigenvalue weighted by Crippen LogP contribution is 2.33. The minimum absolute atomic E-state index is 0.0752. The maximum Gasteiger partial charge on any atom is 0.0362 e. The summed E-state index contributed by atoms with van der Waals surface area (Å²) in [5, 5.41) is 0. The lowest BCUT2D eigenvalue weighted by Gasteiger charge is -2.30. The van der Waals surface area contributed by atoms with Gasteiger partial charge in [0, 0.05) is 18.4 Å². The largest absolute Gasteiger partial charge is 0.323 e. The van der Waals surface area contributed by atoms with E-state index < -0.39 is 0 Å². The van der Waals surface area contributed by atoms with Gasteiger partial charge in [-0.05, 0) is 23.5 Å². The van der Waals surface area contributed by atoms with Crippen molar-refractivity contribution in [1.82, 2.24) is 4.98 Å². The van der Waals surface area contributed by atoms with Crippen LogP contribution >= 0.6 is 0 Å². The molecule has 0 saturated carbocycles. The number of rotatable bonds is 3. The van der Waals surface area contributed by atoms with Gasteiger partial charge in [0.25, 0.3) is 0 Å². The third kappa shape index (κ3) is 2.28. The van der Waals surface area contributed by atoms with Gasteiger partial charge in [0.1, 0.15) is 0 Å². The molecule has 0 bridgehead atoms. The van der Waals surface area contributed by atoms with Gasteiger partial charge in [0.2, 0.25) is 0 Å². The first-order valence-electron chi connectivity index (χ1n) is 4.73. The topological polar surface area (TPSA) is 38.9 Å². The molecule has 0 aromatic carbocycles. The molecule has 72 valence electrons. The van der Waals surface area contributed by atoms with E-state index in [-0.39, 0.29) is 11.5 Å². The molecule has 0 aliphatic carbocycles. The summed E-state index contributed by atoms with van der Waals surface area (Å²) in [5.41, 5.74) is 7.40. The first-order valence-corrected chi connectivity index (χ1v) is 4.73. The number of pyridine rings is 1. The summed E-state index contributed by atoms with van der Waals surface area (Å²) in [7, 11) is 0. The van der Waals surface area contributed by atoms with Gasteiger partial charge in [0.05, 0.1) is 0 Å². The first-order chi connectivity index (χ1) is 6.08. The number of nitrogens with two attached hydrogens (primary N) is 1. The van der Waals surface area contributed by atoms with Crippen molar-refractivity contribution in [2.75, 3.05) is 0 Å². The normalized spacial score (nSPS) is 14.2. The monoisotopic (exact) mass is 178 g/mol. The van der Waals surface area contributed by atoms with E-state index in [1.54, 1.807) is 6.20 Å². The van der Waals surface area contributed by atoms with Gasteiger partial charge in [-0.3, -0.25) is 4.98 Å². The second-order valence-electron chi connectivity index (χ2n) is 4.11. The lowest BCUT2D eigenvalue weighted by Crippen LogP contribution is -2.28. The smallest absolute Gasteiger partial charge is 0.0362 e. The average molecular weight is 178 g/mol. The Kier molecular flexibility index (Phi) is 3.04. The molecule has 1 aromatic heterocycles. The third-order valence-corrected chi connectivity index (χ3v) is 2.80. The Balaban J connectivity index is 2.85. The predicted molar refractivity (Wildman–Crippen MR) is 55.2 cm³/mol. The van der Waals surface area contributed by atoms with E-state index >= 15 is 0 Å². The summed E-state index contributed by atoms with van der Waals surface area (Å²) in [6.07, 6.45) is 4.69. The summed E-state index contributed by atoms with van der Waals surface area (Å²) in [5.74, 6) is 0. The molecular formula is C11H18N2. The zero-order valence-corrected chi connectivity index (χ0v) is 8.62. The van der Waals surface area contributed by atoms with E-state index in [1.165, 1.54) is 0 Å². The molecule has 0 spiro atoms. The van der Waals surface area contributed by atoms with E-state index in [0.717, 1.165) is 12.0 Å². The number of hydrogen-bond donors (Lipinski definition) is 1. The van der Waals surface area contributed by atoms with E-state index in [2.05, 4.69) is 25.8 Å². The van der Waals surface area contributed by atoms with Crippen LogP contribution in [0.15, 0.2) is 24.5 Å². The molecule has 0 amide bonds. The lowest BCUT2D eigenvalue weighted by atomic mass is 9.79. The Hall–Kier alpha value is -0.890. The van der Waals surface area contributed by atoms with Crippen LogP contribution in [0.2, 0.25) is 0 Å². The van der Waals surface area contributed by atoms with E-state index in [9.17, 15) is 0 Å². The minimum atomic E-state index is 0.0752. The first kappa shape index (κ1) is 10.2. The van der Waals surface area contributed by atoms with Crippen LogP contribution in [0, 0.1) is 5.41 Å². The molecular weight excluding hydrogens is 160 g/mol.